The van der Waals surface area contributed by atoms with Gasteiger partial charge in [-0.2, -0.15) is 13.2 Å². The molecule has 2 aliphatic heterocycles. The van der Waals surface area contributed by atoms with Crippen molar-refractivity contribution in [2.45, 2.75) is 37.9 Å². The Labute approximate surface area is 214 Å². The van der Waals surface area contributed by atoms with Crippen molar-refractivity contribution in [3.05, 3.63) is 47.3 Å². The Kier molecular flexibility index (Phi) is 8.65. The highest BCUT2D eigenvalue weighted by Crippen LogP contribution is 2.31. The number of carbonyl (C=O) groups excluding carboxylic acids is 1. The highest BCUT2D eigenvalue weighted by atomic mass is 19.4. The molecule has 0 bridgehead atoms. The van der Waals surface area contributed by atoms with Gasteiger partial charge >= 0.3 is 6.18 Å². The van der Waals surface area contributed by atoms with E-state index in [0.29, 0.717) is 11.3 Å². The number of nitrogens with two attached hydrogens (primary N) is 1. The number of nitrogens with one attached hydrogen (secondary N) is 2. The summed E-state index contributed by atoms with van der Waals surface area (Å²) in [5.41, 5.74) is 5.95. The fraction of sp³-hybridized carbons (Fsp3) is 0.500. The van der Waals surface area contributed by atoms with E-state index in [4.69, 9.17) is 15.5 Å². The number of ether oxygens (including phenoxy) is 1. The van der Waals surface area contributed by atoms with E-state index in [1.807, 2.05) is 0 Å². The molecule has 3 heterocycles. The number of amides is 1. The van der Waals surface area contributed by atoms with Gasteiger partial charge in [0.15, 0.2) is 0 Å². The minimum atomic E-state index is -4.65. The van der Waals surface area contributed by atoms with Crippen molar-refractivity contribution < 1.29 is 22.7 Å². The number of hydrogen-bond donors (Lipinski definition) is 3. The van der Waals surface area contributed by atoms with Crippen LogP contribution in [0.3, 0.4) is 0 Å². The zero-order chi connectivity index (χ0) is 26.4. The molecular weight excluding hydrogens is 485 g/mol. The molecule has 0 atom stereocenters. The van der Waals surface area contributed by atoms with Gasteiger partial charge < -0.3 is 26.0 Å². The number of alkyl halides is 3. The van der Waals surface area contributed by atoms with Gasteiger partial charge in [0.2, 0.25) is 0 Å². The van der Waals surface area contributed by atoms with E-state index in [9.17, 15) is 18.0 Å². The van der Waals surface area contributed by atoms with Gasteiger partial charge in [0, 0.05) is 43.2 Å². The van der Waals surface area contributed by atoms with Gasteiger partial charge in [-0.05, 0) is 62.9 Å². The average Bonchev–Trinajstić information content (AvgIpc) is 2.89. The third-order valence-corrected chi connectivity index (χ3v) is 6.88. The summed E-state index contributed by atoms with van der Waals surface area (Å²) >= 11 is 0. The third-order valence-electron chi connectivity index (χ3n) is 6.88. The molecule has 4 N–H and O–H groups in total. The molecule has 0 saturated carbocycles. The number of carbonyl (C=O) groups is 1. The average molecular weight is 519 g/mol. The molecule has 2 aromatic rings. The molecular formula is C26H33F3N6O2. The molecule has 8 nitrogen and oxygen atoms in total. The second-order valence-electron chi connectivity index (χ2n) is 9.54. The monoisotopic (exact) mass is 518 g/mol. The molecule has 2 saturated heterocycles. The van der Waals surface area contributed by atoms with Crippen LogP contribution in [-0.2, 0) is 6.18 Å². The lowest BCUT2D eigenvalue weighted by Crippen LogP contribution is -2.41. The lowest BCUT2D eigenvalue weighted by Gasteiger charge is -2.34. The summed E-state index contributed by atoms with van der Waals surface area (Å²) in [6.07, 6.45) is 1.43. The van der Waals surface area contributed by atoms with Crippen molar-refractivity contribution in [2.75, 3.05) is 50.9 Å². The molecule has 1 aromatic carbocycles. The summed E-state index contributed by atoms with van der Waals surface area (Å²) in [6.45, 7) is 5.37. The first-order chi connectivity index (χ1) is 17.7. The molecule has 0 unspecified atom stereocenters. The highest BCUT2D eigenvalue weighted by molar-refractivity contribution is 6.04. The normalized spacial score (nSPS) is 18.3. The summed E-state index contributed by atoms with van der Waals surface area (Å²) in [5.74, 6) is 0.250. The van der Waals surface area contributed by atoms with E-state index in [1.165, 1.54) is 26.0 Å². The predicted molar refractivity (Wildman–Crippen MR) is 137 cm³/mol. The van der Waals surface area contributed by atoms with E-state index in [1.54, 1.807) is 18.3 Å². The van der Waals surface area contributed by atoms with Gasteiger partial charge in [0.05, 0.1) is 18.8 Å². The molecule has 11 heteroatoms. The number of anilines is 2. The number of benzene rings is 1. The lowest BCUT2D eigenvalue weighted by atomic mass is 9.96. The molecule has 200 valence electrons. The second kappa shape index (κ2) is 11.9. The first-order valence-corrected chi connectivity index (χ1v) is 12.5. The Morgan fingerprint density at radius 2 is 1.97 bits per heavy atom. The van der Waals surface area contributed by atoms with Crippen LogP contribution in [0.1, 0.15) is 47.4 Å². The number of aromatic nitrogens is 1. The minimum Gasteiger partial charge on any atom is -0.494 e. The van der Waals surface area contributed by atoms with E-state index >= 15 is 0 Å². The van der Waals surface area contributed by atoms with Crippen LogP contribution >= 0.6 is 0 Å². The minimum absolute atomic E-state index is 0.179. The lowest BCUT2D eigenvalue weighted by molar-refractivity contribution is -0.141. The number of nitrogen functional groups attached to an aromatic ring is 1. The molecule has 2 aliphatic rings. The third kappa shape index (κ3) is 7.20. The number of piperidine rings is 2. The predicted octanol–water partition coefficient (Wildman–Crippen LogP) is 3.83. The van der Waals surface area contributed by atoms with Gasteiger partial charge in [-0.3, -0.25) is 9.79 Å². The van der Waals surface area contributed by atoms with Crippen LogP contribution in [0.25, 0.3) is 0 Å². The van der Waals surface area contributed by atoms with Crippen molar-refractivity contribution in [2.24, 2.45) is 10.9 Å². The van der Waals surface area contributed by atoms with Crippen LogP contribution in [0.5, 0.6) is 5.75 Å². The molecule has 0 aliphatic carbocycles. The maximum atomic E-state index is 13.0. The maximum absolute atomic E-state index is 13.0. The van der Waals surface area contributed by atoms with Crippen molar-refractivity contribution in [3.8, 4) is 5.75 Å². The van der Waals surface area contributed by atoms with E-state index in [-0.39, 0.29) is 23.2 Å². The Bertz CT molecular complexity index is 1110. The molecule has 37 heavy (non-hydrogen) atoms. The van der Waals surface area contributed by atoms with Crippen LogP contribution in [0.2, 0.25) is 0 Å². The van der Waals surface area contributed by atoms with Crippen LogP contribution in [0.15, 0.2) is 35.3 Å². The fourth-order valence-electron chi connectivity index (χ4n) is 4.76. The second-order valence-corrected chi connectivity index (χ2v) is 9.54. The molecule has 1 aromatic heterocycles. The quantitative estimate of drug-likeness (QED) is 0.380. The number of pyridine rings is 1. The molecule has 0 radical (unpaired) electrons. The first-order valence-electron chi connectivity index (χ1n) is 12.5. The van der Waals surface area contributed by atoms with Gasteiger partial charge in [0.1, 0.15) is 17.1 Å². The van der Waals surface area contributed by atoms with Crippen LogP contribution in [-0.4, -0.2) is 67.9 Å². The van der Waals surface area contributed by atoms with Crippen molar-refractivity contribution in [1.82, 2.24) is 15.2 Å². The van der Waals surface area contributed by atoms with Crippen molar-refractivity contribution in [3.63, 3.8) is 0 Å². The van der Waals surface area contributed by atoms with Crippen molar-refractivity contribution >= 4 is 23.5 Å². The van der Waals surface area contributed by atoms with Gasteiger partial charge in [-0.1, -0.05) is 6.07 Å². The number of aliphatic imine (C=N–C) groups is 1. The smallest absolute Gasteiger partial charge is 0.433 e. The Hall–Kier alpha value is -3.18. The van der Waals surface area contributed by atoms with Gasteiger partial charge in [-0.25, -0.2) is 4.98 Å². The van der Waals surface area contributed by atoms with E-state index in [0.717, 1.165) is 63.6 Å². The number of methoxy groups -OCH3 is 1. The zero-order valence-electron chi connectivity index (χ0n) is 20.9. The zero-order valence-corrected chi connectivity index (χ0v) is 20.9. The van der Waals surface area contributed by atoms with Gasteiger partial charge in [-0.15, -0.1) is 0 Å². The number of likely N-dealkylation sites (tertiary alicyclic amines) is 1. The number of rotatable bonds is 7. The maximum Gasteiger partial charge on any atom is 0.433 e. The first kappa shape index (κ1) is 26.9. The number of hydrogen-bond acceptors (Lipinski definition) is 7. The number of nitrogens with zero attached hydrogens (tertiary/aromatic N) is 3. The van der Waals surface area contributed by atoms with Crippen LogP contribution in [0.4, 0.5) is 24.5 Å². The Balaban J connectivity index is 1.40. The SMILES string of the molecule is COc1cc(N)c(C=NC2CCN(CC3CCNCC3)CC2)cc1NC(=O)c1cccc(C(F)(F)F)n1. The summed E-state index contributed by atoms with van der Waals surface area (Å²) in [6, 6.07) is 6.51. The molecule has 4 rings (SSSR count). The van der Waals surface area contributed by atoms with Crippen molar-refractivity contribution in [1.29, 1.82) is 0 Å². The summed E-state index contributed by atoms with van der Waals surface area (Å²) < 4.78 is 44.3. The van der Waals surface area contributed by atoms with E-state index in [2.05, 4.69) is 20.5 Å². The summed E-state index contributed by atoms with van der Waals surface area (Å²) in [5, 5.41) is 5.99. The van der Waals surface area contributed by atoms with Gasteiger partial charge in [0.25, 0.3) is 5.91 Å². The topological polar surface area (TPSA) is 105 Å². The Morgan fingerprint density at radius 3 is 2.65 bits per heavy atom. The van der Waals surface area contributed by atoms with Crippen LogP contribution in [0, 0.1) is 5.92 Å². The fourth-order valence-corrected chi connectivity index (χ4v) is 4.76. The largest absolute Gasteiger partial charge is 0.494 e. The highest BCUT2D eigenvalue weighted by Gasteiger charge is 2.33. The standard InChI is InChI=1S/C26H33F3N6O2/c1-37-23-14-20(30)18(13-22(23)34-25(36)21-3-2-4-24(33-21)26(27,28)29)15-32-19-7-11-35(12-8-19)16-17-5-9-31-10-6-17/h2-4,13-15,17,19,31H,5-12,16,30H2,1H3,(H,34,36). The number of halogens is 3. The molecule has 1 amide bonds. The molecule has 2 fully saturated rings. The Morgan fingerprint density at radius 1 is 1.24 bits per heavy atom. The van der Waals surface area contributed by atoms with E-state index < -0.39 is 17.8 Å². The summed E-state index contributed by atoms with van der Waals surface area (Å²) in [7, 11) is 1.42. The molecule has 0 spiro atoms. The van der Waals surface area contributed by atoms with Crippen LogP contribution < -0.4 is 21.1 Å². The summed E-state index contributed by atoms with van der Waals surface area (Å²) in [4.78, 5) is 23.4.